The maximum atomic E-state index is 12.4. The average molecular weight is 315 g/mol. The second kappa shape index (κ2) is 7.35. The number of para-hydroxylation sites is 1. The van der Waals surface area contributed by atoms with Gasteiger partial charge in [-0.2, -0.15) is 0 Å². The summed E-state index contributed by atoms with van der Waals surface area (Å²) in [6, 6.07) is 7.53. The smallest absolute Gasteiger partial charge is 0.356 e. The largest absolute Gasteiger partial charge is 0.496 e. The quantitative estimate of drug-likeness (QED) is 0.868. The minimum atomic E-state index is -1.28. The monoisotopic (exact) mass is 315 g/mol. The molecule has 0 aliphatic carbocycles. The number of carbonyl (C=O) groups excluding carboxylic acids is 1. The third-order valence-electron chi connectivity index (χ3n) is 3.36. The fraction of sp³-hybridized carbons (Fsp3) is 0.250. The Balaban J connectivity index is 2.11. The van der Waals surface area contributed by atoms with Crippen molar-refractivity contribution in [1.29, 1.82) is 0 Å². The van der Waals surface area contributed by atoms with Crippen LogP contribution in [0.15, 0.2) is 36.7 Å². The lowest BCUT2D eigenvalue weighted by Crippen LogP contribution is -2.31. The number of aromatic carboxylic acids is 1. The van der Waals surface area contributed by atoms with Gasteiger partial charge in [-0.05, 0) is 18.1 Å². The minimum Gasteiger partial charge on any atom is -0.496 e. The van der Waals surface area contributed by atoms with Crippen molar-refractivity contribution in [1.82, 2.24) is 14.9 Å². The molecule has 7 nitrogen and oxygen atoms in total. The second-order valence-corrected chi connectivity index (χ2v) is 4.85. The number of carbonyl (C=O) groups is 2. The normalized spacial score (nSPS) is 10.2. The highest BCUT2D eigenvalue weighted by molar-refractivity contribution is 6.01. The number of hydrogen-bond acceptors (Lipinski definition) is 5. The summed E-state index contributed by atoms with van der Waals surface area (Å²) in [4.78, 5) is 32.5. The lowest BCUT2D eigenvalue weighted by Gasteiger charge is -2.18. The summed E-state index contributed by atoms with van der Waals surface area (Å²) in [6.45, 7) is 0.398. The van der Waals surface area contributed by atoms with Gasteiger partial charge in [0.2, 0.25) is 0 Å². The predicted molar refractivity (Wildman–Crippen MR) is 82.6 cm³/mol. The molecule has 0 bridgehead atoms. The van der Waals surface area contributed by atoms with Gasteiger partial charge in [-0.1, -0.05) is 18.2 Å². The molecule has 0 radical (unpaired) electrons. The number of amides is 1. The van der Waals surface area contributed by atoms with Crippen LogP contribution in [-0.4, -0.2) is 52.6 Å². The first-order valence-corrected chi connectivity index (χ1v) is 6.96. The van der Waals surface area contributed by atoms with E-state index in [4.69, 9.17) is 9.84 Å². The Kier molecular flexibility index (Phi) is 5.24. The van der Waals surface area contributed by atoms with Crippen molar-refractivity contribution >= 4 is 11.9 Å². The van der Waals surface area contributed by atoms with Crippen molar-refractivity contribution in [2.45, 2.75) is 6.42 Å². The van der Waals surface area contributed by atoms with Crippen molar-refractivity contribution in [3.05, 3.63) is 53.6 Å². The SMILES string of the molecule is COc1ccccc1CCN(C)C(=O)c1nccnc1C(=O)O. The Hall–Kier alpha value is -2.96. The van der Waals surface area contributed by atoms with Crippen LogP contribution in [0.4, 0.5) is 0 Å². The third kappa shape index (κ3) is 3.82. The number of benzene rings is 1. The number of rotatable bonds is 6. The Morgan fingerprint density at radius 3 is 2.48 bits per heavy atom. The van der Waals surface area contributed by atoms with E-state index < -0.39 is 11.9 Å². The molecule has 0 spiro atoms. The lowest BCUT2D eigenvalue weighted by atomic mass is 10.1. The number of carboxylic acids is 1. The zero-order valence-electron chi connectivity index (χ0n) is 12.9. The topological polar surface area (TPSA) is 92.6 Å². The van der Waals surface area contributed by atoms with Gasteiger partial charge in [0.15, 0.2) is 11.4 Å². The number of hydrogen-bond donors (Lipinski definition) is 1. The molecule has 0 aliphatic heterocycles. The molecule has 2 rings (SSSR count). The van der Waals surface area contributed by atoms with Crippen LogP contribution in [0.3, 0.4) is 0 Å². The maximum absolute atomic E-state index is 12.4. The summed E-state index contributed by atoms with van der Waals surface area (Å²) < 4.78 is 5.27. The molecule has 7 heteroatoms. The summed E-state index contributed by atoms with van der Waals surface area (Å²) in [5.74, 6) is -1.01. The number of likely N-dealkylation sites (N-methyl/N-ethyl adjacent to an activating group) is 1. The molecule has 0 aliphatic rings. The van der Waals surface area contributed by atoms with Gasteiger partial charge in [0.1, 0.15) is 5.75 Å². The van der Waals surface area contributed by atoms with Crippen molar-refractivity contribution in [3.8, 4) is 5.75 Å². The van der Waals surface area contributed by atoms with Crippen molar-refractivity contribution < 1.29 is 19.4 Å². The van der Waals surface area contributed by atoms with Crippen molar-refractivity contribution in [2.24, 2.45) is 0 Å². The van der Waals surface area contributed by atoms with Gasteiger partial charge in [-0.3, -0.25) is 4.79 Å². The van der Waals surface area contributed by atoms with Crippen LogP contribution < -0.4 is 4.74 Å². The zero-order chi connectivity index (χ0) is 16.8. The van der Waals surface area contributed by atoms with Crippen LogP contribution in [0, 0.1) is 0 Å². The Morgan fingerprint density at radius 2 is 1.83 bits per heavy atom. The summed E-state index contributed by atoms with van der Waals surface area (Å²) in [6.07, 6.45) is 3.12. The molecule has 0 saturated heterocycles. The fourth-order valence-electron chi connectivity index (χ4n) is 2.13. The average Bonchev–Trinajstić information content (AvgIpc) is 2.59. The second-order valence-electron chi connectivity index (χ2n) is 4.85. The number of ether oxygens (including phenoxy) is 1. The molecule has 0 saturated carbocycles. The molecule has 120 valence electrons. The van der Waals surface area contributed by atoms with Crippen LogP contribution in [0.5, 0.6) is 5.75 Å². The van der Waals surface area contributed by atoms with E-state index in [0.717, 1.165) is 11.3 Å². The highest BCUT2D eigenvalue weighted by Gasteiger charge is 2.22. The molecule has 1 heterocycles. The minimum absolute atomic E-state index is 0.164. The first-order chi connectivity index (χ1) is 11.0. The van der Waals surface area contributed by atoms with E-state index in [1.54, 1.807) is 14.2 Å². The number of nitrogens with zero attached hydrogens (tertiary/aromatic N) is 3. The third-order valence-corrected chi connectivity index (χ3v) is 3.36. The van der Waals surface area contributed by atoms with Gasteiger partial charge in [0.05, 0.1) is 7.11 Å². The van der Waals surface area contributed by atoms with Gasteiger partial charge >= 0.3 is 5.97 Å². The lowest BCUT2D eigenvalue weighted by molar-refractivity contribution is 0.0672. The molecule has 1 aromatic carbocycles. The van der Waals surface area contributed by atoms with E-state index in [9.17, 15) is 9.59 Å². The summed E-state index contributed by atoms with van der Waals surface area (Å²) in [7, 11) is 3.18. The molecule has 23 heavy (non-hydrogen) atoms. The Labute approximate surface area is 133 Å². The van der Waals surface area contributed by atoms with Crippen LogP contribution in [0.1, 0.15) is 26.5 Å². The maximum Gasteiger partial charge on any atom is 0.356 e. The molecule has 0 unspecified atom stereocenters. The van der Waals surface area contributed by atoms with E-state index in [0.29, 0.717) is 13.0 Å². The molecule has 1 N–H and O–H groups in total. The highest BCUT2D eigenvalue weighted by atomic mass is 16.5. The van der Waals surface area contributed by atoms with Crippen LogP contribution >= 0.6 is 0 Å². The van der Waals surface area contributed by atoms with Crippen LogP contribution in [0.2, 0.25) is 0 Å². The van der Waals surface area contributed by atoms with E-state index >= 15 is 0 Å². The van der Waals surface area contributed by atoms with Gasteiger partial charge < -0.3 is 14.7 Å². The van der Waals surface area contributed by atoms with Crippen molar-refractivity contribution in [2.75, 3.05) is 20.7 Å². The van der Waals surface area contributed by atoms with E-state index in [2.05, 4.69) is 9.97 Å². The molecular formula is C16H17N3O4. The van der Waals surface area contributed by atoms with Gasteiger partial charge in [-0.15, -0.1) is 0 Å². The summed E-state index contributed by atoms with van der Waals surface area (Å²) in [5.41, 5.74) is 0.455. The summed E-state index contributed by atoms with van der Waals surface area (Å²) in [5, 5.41) is 9.08. The van der Waals surface area contributed by atoms with Gasteiger partial charge in [-0.25, -0.2) is 14.8 Å². The fourth-order valence-corrected chi connectivity index (χ4v) is 2.13. The summed E-state index contributed by atoms with van der Waals surface area (Å²) >= 11 is 0. The molecule has 0 fully saturated rings. The van der Waals surface area contributed by atoms with Gasteiger partial charge in [0.25, 0.3) is 5.91 Å². The van der Waals surface area contributed by atoms with Crippen LogP contribution in [-0.2, 0) is 6.42 Å². The molecule has 2 aromatic rings. The highest BCUT2D eigenvalue weighted by Crippen LogP contribution is 2.18. The van der Waals surface area contributed by atoms with E-state index in [1.807, 2.05) is 24.3 Å². The molecular weight excluding hydrogens is 298 g/mol. The Morgan fingerprint density at radius 1 is 1.17 bits per heavy atom. The first kappa shape index (κ1) is 16.4. The molecule has 0 atom stereocenters. The van der Waals surface area contributed by atoms with E-state index in [1.165, 1.54) is 17.3 Å². The predicted octanol–water partition coefficient (Wildman–Crippen LogP) is 1.50. The Bertz CT molecular complexity index is 718. The zero-order valence-corrected chi connectivity index (χ0v) is 12.9. The van der Waals surface area contributed by atoms with Crippen molar-refractivity contribution in [3.63, 3.8) is 0 Å². The van der Waals surface area contributed by atoms with Gasteiger partial charge in [0, 0.05) is 26.0 Å². The first-order valence-electron chi connectivity index (χ1n) is 6.96. The van der Waals surface area contributed by atoms with Crippen LogP contribution in [0.25, 0.3) is 0 Å². The molecule has 1 amide bonds. The van der Waals surface area contributed by atoms with E-state index in [-0.39, 0.29) is 11.4 Å². The number of aromatic nitrogens is 2. The molecule has 1 aromatic heterocycles. The number of methoxy groups -OCH3 is 1. The standard InChI is InChI=1S/C16H17N3O4/c1-19(10-7-11-5-3-4-6-12(11)23-2)15(20)13-14(16(21)22)18-9-8-17-13/h3-6,8-9H,7,10H2,1-2H3,(H,21,22). The number of carboxylic acid groups (broad SMARTS) is 1.